The van der Waals surface area contributed by atoms with Crippen LogP contribution in [0.15, 0.2) is 24.3 Å². The van der Waals surface area contributed by atoms with Crippen molar-refractivity contribution in [2.75, 3.05) is 0 Å². The summed E-state index contributed by atoms with van der Waals surface area (Å²) >= 11 is 0. The van der Waals surface area contributed by atoms with Crippen molar-refractivity contribution in [1.29, 1.82) is 0 Å². The monoisotopic (exact) mass is 276 g/mol. The van der Waals surface area contributed by atoms with Gasteiger partial charge in [-0.1, -0.05) is 12.1 Å². The van der Waals surface area contributed by atoms with Crippen LogP contribution in [0.25, 0.3) is 0 Å². The third-order valence-electron chi connectivity index (χ3n) is 3.54. The average Bonchev–Trinajstić information content (AvgIpc) is 2.25. The highest BCUT2D eigenvalue weighted by molar-refractivity contribution is 5.69. The maximum Gasteiger partial charge on any atom is 0.416 e. The Morgan fingerprint density at radius 3 is 2.16 bits per heavy atom. The van der Waals surface area contributed by atoms with Gasteiger partial charge in [-0.2, -0.15) is 13.2 Å². The summed E-state index contributed by atoms with van der Waals surface area (Å²) in [4.78, 5) is 10.8. The van der Waals surface area contributed by atoms with Gasteiger partial charge >= 0.3 is 12.1 Å². The van der Waals surface area contributed by atoms with Gasteiger partial charge in [0.2, 0.25) is 0 Å². The molecule has 1 N–H and O–H groups in total. The zero-order valence-corrected chi connectivity index (χ0v) is 9.88. The van der Waals surface area contributed by atoms with E-state index < -0.39 is 29.3 Å². The zero-order chi connectivity index (χ0) is 14.3. The second-order valence-electron chi connectivity index (χ2n) is 4.93. The Morgan fingerprint density at radius 1 is 1.26 bits per heavy atom. The molecule has 1 fully saturated rings. The molecule has 0 amide bonds. The normalized spacial score (nSPS) is 26.8. The minimum Gasteiger partial charge on any atom is -0.481 e. The molecule has 1 aromatic rings. The number of hydrogen-bond donors (Lipinski definition) is 1. The van der Waals surface area contributed by atoms with Gasteiger partial charge in [-0.15, -0.1) is 0 Å². The number of benzene rings is 1. The summed E-state index contributed by atoms with van der Waals surface area (Å²) in [5.74, 6) is -1.08. The fourth-order valence-corrected chi connectivity index (χ4v) is 2.57. The van der Waals surface area contributed by atoms with E-state index in [-0.39, 0.29) is 19.3 Å². The van der Waals surface area contributed by atoms with Crippen molar-refractivity contribution in [3.05, 3.63) is 35.4 Å². The van der Waals surface area contributed by atoms with Crippen molar-refractivity contribution < 1.29 is 27.5 Å². The number of carboxylic acid groups (broad SMARTS) is 1. The van der Waals surface area contributed by atoms with Crippen LogP contribution in [-0.4, -0.2) is 17.2 Å². The lowest BCUT2D eigenvalue weighted by atomic mass is 9.61. The molecule has 0 heterocycles. The van der Waals surface area contributed by atoms with E-state index in [1.54, 1.807) is 0 Å². The minimum absolute atomic E-state index is 0.0463. The van der Waals surface area contributed by atoms with E-state index in [0.29, 0.717) is 5.56 Å². The molecule has 0 radical (unpaired) electrons. The van der Waals surface area contributed by atoms with Gasteiger partial charge in [0, 0.05) is 5.41 Å². The Kier molecular flexibility index (Phi) is 3.28. The third kappa shape index (κ3) is 2.72. The first-order valence-corrected chi connectivity index (χ1v) is 5.76. The molecule has 0 unspecified atom stereocenters. The lowest BCUT2D eigenvalue weighted by Gasteiger charge is -2.44. The number of hydrogen-bond acceptors (Lipinski definition) is 1. The Morgan fingerprint density at radius 2 is 1.79 bits per heavy atom. The van der Waals surface area contributed by atoms with Gasteiger partial charge in [-0.05, 0) is 30.5 Å². The van der Waals surface area contributed by atoms with E-state index in [4.69, 9.17) is 5.11 Å². The van der Waals surface area contributed by atoms with E-state index in [1.807, 2.05) is 0 Å². The molecule has 6 heteroatoms. The molecule has 1 aliphatic carbocycles. The molecule has 0 bridgehead atoms. The number of aliphatic carboxylic acids is 1. The largest absolute Gasteiger partial charge is 0.481 e. The van der Waals surface area contributed by atoms with Crippen LogP contribution in [0.2, 0.25) is 0 Å². The van der Waals surface area contributed by atoms with Crippen LogP contribution in [0.4, 0.5) is 17.6 Å². The summed E-state index contributed by atoms with van der Waals surface area (Å²) in [6, 6.07) is 4.31. The molecule has 0 atom stereocenters. The summed E-state index contributed by atoms with van der Waals surface area (Å²) in [6.45, 7) is 0. The summed E-state index contributed by atoms with van der Waals surface area (Å²) in [7, 11) is 0. The molecule has 0 spiro atoms. The van der Waals surface area contributed by atoms with Crippen LogP contribution in [0.1, 0.15) is 30.4 Å². The van der Waals surface area contributed by atoms with E-state index in [2.05, 4.69) is 0 Å². The SMILES string of the molecule is O=C(O)CC1(c2ccc(C(F)(F)F)cc2)CC(F)C1. The van der Waals surface area contributed by atoms with Gasteiger partial charge in [0.15, 0.2) is 0 Å². The number of alkyl halides is 4. The number of carboxylic acids is 1. The van der Waals surface area contributed by atoms with Crippen LogP contribution in [0.3, 0.4) is 0 Å². The highest BCUT2D eigenvalue weighted by Gasteiger charge is 2.47. The molecule has 1 aromatic carbocycles. The maximum absolute atomic E-state index is 13.0. The van der Waals surface area contributed by atoms with Gasteiger partial charge in [0.1, 0.15) is 6.17 Å². The summed E-state index contributed by atoms with van der Waals surface area (Å²) in [5, 5.41) is 8.84. The Labute approximate surface area is 107 Å². The number of rotatable bonds is 3. The first-order chi connectivity index (χ1) is 8.73. The first kappa shape index (κ1) is 13.8. The molecule has 0 aromatic heterocycles. The molecule has 2 nitrogen and oxygen atoms in total. The van der Waals surface area contributed by atoms with Crippen molar-refractivity contribution in [1.82, 2.24) is 0 Å². The van der Waals surface area contributed by atoms with Gasteiger partial charge in [-0.3, -0.25) is 4.79 Å². The van der Waals surface area contributed by atoms with Crippen molar-refractivity contribution in [2.45, 2.75) is 37.0 Å². The summed E-state index contributed by atoms with van der Waals surface area (Å²) < 4.78 is 50.3. The van der Waals surface area contributed by atoms with Crippen LogP contribution < -0.4 is 0 Å². The van der Waals surface area contributed by atoms with Crippen molar-refractivity contribution in [3.63, 3.8) is 0 Å². The fraction of sp³-hybridized carbons (Fsp3) is 0.462. The van der Waals surface area contributed by atoms with Gasteiger partial charge in [-0.25, -0.2) is 4.39 Å². The standard InChI is InChI=1S/C13H12F4O2/c14-10-5-12(6-10,7-11(18)19)8-1-3-9(4-2-8)13(15,16)17/h1-4,10H,5-7H2,(H,18,19). The molecule has 1 aliphatic rings. The maximum atomic E-state index is 13.0. The number of halogens is 4. The molecule has 2 rings (SSSR count). The van der Waals surface area contributed by atoms with Crippen LogP contribution >= 0.6 is 0 Å². The molecule has 0 aliphatic heterocycles. The van der Waals surface area contributed by atoms with E-state index in [9.17, 15) is 22.4 Å². The van der Waals surface area contributed by atoms with E-state index >= 15 is 0 Å². The van der Waals surface area contributed by atoms with Crippen molar-refractivity contribution in [2.24, 2.45) is 0 Å². The van der Waals surface area contributed by atoms with Gasteiger partial charge in [0.25, 0.3) is 0 Å². The Bertz CT molecular complexity index is 472. The fourth-order valence-electron chi connectivity index (χ4n) is 2.57. The van der Waals surface area contributed by atoms with Gasteiger partial charge < -0.3 is 5.11 Å². The predicted octanol–water partition coefficient (Wildman–Crippen LogP) is 3.55. The highest BCUT2D eigenvalue weighted by Crippen LogP contribution is 2.48. The minimum atomic E-state index is -4.43. The average molecular weight is 276 g/mol. The van der Waals surface area contributed by atoms with E-state index in [0.717, 1.165) is 12.1 Å². The zero-order valence-electron chi connectivity index (χ0n) is 9.88. The summed E-state index contributed by atoms with van der Waals surface area (Å²) in [6.07, 6.45) is -5.68. The Hall–Kier alpha value is -1.59. The van der Waals surface area contributed by atoms with Gasteiger partial charge in [0.05, 0.1) is 12.0 Å². The lowest BCUT2D eigenvalue weighted by Crippen LogP contribution is -2.44. The molecule has 104 valence electrons. The Balaban J connectivity index is 2.27. The lowest BCUT2D eigenvalue weighted by molar-refractivity contribution is -0.140. The molecular weight excluding hydrogens is 264 g/mol. The van der Waals surface area contributed by atoms with Crippen LogP contribution in [0, 0.1) is 0 Å². The predicted molar refractivity (Wildman–Crippen MR) is 59.5 cm³/mol. The van der Waals surface area contributed by atoms with Crippen LogP contribution in [-0.2, 0) is 16.4 Å². The van der Waals surface area contributed by atoms with Crippen molar-refractivity contribution >= 4 is 5.97 Å². The second kappa shape index (κ2) is 4.51. The van der Waals surface area contributed by atoms with Crippen LogP contribution in [0.5, 0.6) is 0 Å². The van der Waals surface area contributed by atoms with E-state index in [1.165, 1.54) is 12.1 Å². The number of carbonyl (C=O) groups is 1. The third-order valence-corrected chi connectivity index (χ3v) is 3.54. The van der Waals surface area contributed by atoms with Crippen molar-refractivity contribution in [3.8, 4) is 0 Å². The first-order valence-electron chi connectivity index (χ1n) is 5.76. The quantitative estimate of drug-likeness (QED) is 0.857. The smallest absolute Gasteiger partial charge is 0.416 e. The topological polar surface area (TPSA) is 37.3 Å². The molecular formula is C13H12F4O2. The summed E-state index contributed by atoms with van der Waals surface area (Å²) in [5.41, 5.74) is -1.20. The molecule has 0 saturated heterocycles. The highest BCUT2D eigenvalue weighted by atomic mass is 19.4. The molecule has 1 saturated carbocycles. The molecule has 19 heavy (non-hydrogen) atoms. The second-order valence-corrected chi connectivity index (χ2v) is 4.93.